The second-order valence-electron chi connectivity index (χ2n) is 7.05. The first kappa shape index (κ1) is 13.7. The molecule has 4 heteroatoms. The molecule has 0 radical (unpaired) electrons. The minimum absolute atomic E-state index is 0.339. The molecule has 118 valence electrons. The molecule has 3 heterocycles. The summed E-state index contributed by atoms with van der Waals surface area (Å²) in [6.45, 7) is 4.13. The molecule has 2 unspecified atom stereocenters. The van der Waals surface area contributed by atoms with E-state index < -0.39 is 0 Å². The van der Waals surface area contributed by atoms with Crippen molar-refractivity contribution in [3.8, 4) is 0 Å². The fourth-order valence-corrected chi connectivity index (χ4v) is 4.73. The Morgan fingerprint density at radius 2 is 2.17 bits per heavy atom. The third-order valence-corrected chi connectivity index (χ3v) is 5.92. The molecular formula is C19H20ClN3. The molecule has 0 saturated carbocycles. The number of aromatic nitrogens is 1. The van der Waals surface area contributed by atoms with E-state index in [1.807, 2.05) is 0 Å². The van der Waals surface area contributed by atoms with Crippen molar-refractivity contribution < 1.29 is 0 Å². The van der Waals surface area contributed by atoms with E-state index >= 15 is 0 Å². The SMILES string of the molecule is CC1CCC2=C(C1)N1CC=NCC1c1cccc3c(Cl)cn2c13. The maximum absolute atomic E-state index is 6.56. The summed E-state index contributed by atoms with van der Waals surface area (Å²) in [5, 5.41) is 2.03. The number of benzene rings is 1. The van der Waals surface area contributed by atoms with Crippen LogP contribution in [-0.4, -0.2) is 28.8 Å². The molecule has 0 N–H and O–H groups in total. The van der Waals surface area contributed by atoms with E-state index in [0.717, 1.165) is 36.9 Å². The number of aliphatic imine (C=N–C) groups is 1. The monoisotopic (exact) mass is 325 g/mol. The second kappa shape index (κ2) is 4.88. The van der Waals surface area contributed by atoms with Crippen molar-refractivity contribution in [1.82, 2.24) is 9.47 Å². The second-order valence-corrected chi connectivity index (χ2v) is 7.45. The molecule has 0 saturated heterocycles. The molecular weight excluding hydrogens is 306 g/mol. The number of rotatable bonds is 0. The van der Waals surface area contributed by atoms with Gasteiger partial charge in [-0.2, -0.15) is 0 Å². The molecule has 23 heavy (non-hydrogen) atoms. The van der Waals surface area contributed by atoms with Crippen LogP contribution in [0, 0.1) is 5.92 Å². The lowest BCUT2D eigenvalue weighted by Gasteiger charge is -2.38. The number of nitrogens with zero attached hydrogens (tertiary/aromatic N) is 3. The van der Waals surface area contributed by atoms with Crippen molar-refractivity contribution in [1.29, 1.82) is 0 Å². The normalized spacial score (nSPS) is 26.3. The van der Waals surface area contributed by atoms with Crippen molar-refractivity contribution in [3.05, 3.63) is 40.7 Å². The Morgan fingerprint density at radius 3 is 3.09 bits per heavy atom. The molecule has 3 aliphatic rings. The lowest BCUT2D eigenvalue weighted by atomic mass is 9.90. The zero-order valence-corrected chi connectivity index (χ0v) is 14.1. The lowest BCUT2D eigenvalue weighted by Crippen LogP contribution is -2.36. The number of hydrogen-bond acceptors (Lipinski definition) is 2. The van der Waals surface area contributed by atoms with Gasteiger partial charge < -0.3 is 9.47 Å². The average Bonchev–Trinajstić information content (AvgIpc) is 2.86. The zero-order valence-electron chi connectivity index (χ0n) is 13.3. The van der Waals surface area contributed by atoms with E-state index in [2.05, 4.69) is 52.0 Å². The van der Waals surface area contributed by atoms with Gasteiger partial charge in [0.15, 0.2) is 0 Å². The van der Waals surface area contributed by atoms with E-state index in [0.29, 0.717) is 6.04 Å². The molecule has 0 amide bonds. The van der Waals surface area contributed by atoms with Gasteiger partial charge in [-0.15, -0.1) is 0 Å². The Bertz CT molecular complexity index is 861. The van der Waals surface area contributed by atoms with Crippen LogP contribution in [0.2, 0.25) is 5.02 Å². The first-order valence-corrected chi connectivity index (χ1v) is 8.88. The summed E-state index contributed by atoms with van der Waals surface area (Å²) in [5.41, 5.74) is 5.62. The standard InChI is InChI=1S/C19H20ClN3/c1-12-5-6-16-17(9-12)22-8-7-21-10-18(22)14-4-2-3-13-15(20)11-23(16)19(13)14/h2-4,7,11-12,18H,5-6,8-10H2,1H3. The maximum Gasteiger partial charge on any atom is 0.0760 e. The predicted molar refractivity (Wildman–Crippen MR) is 96.0 cm³/mol. The van der Waals surface area contributed by atoms with Crippen LogP contribution in [0.15, 0.2) is 35.1 Å². The van der Waals surface area contributed by atoms with Gasteiger partial charge in [0, 0.05) is 34.8 Å². The van der Waals surface area contributed by atoms with Crippen LogP contribution in [0.1, 0.15) is 37.8 Å². The molecule has 2 aliphatic heterocycles. The highest BCUT2D eigenvalue weighted by Crippen LogP contribution is 2.45. The quantitative estimate of drug-likeness (QED) is 0.686. The summed E-state index contributed by atoms with van der Waals surface area (Å²) in [7, 11) is 0. The number of halogens is 1. The Labute approximate surface area is 141 Å². The summed E-state index contributed by atoms with van der Waals surface area (Å²) in [6.07, 6.45) is 7.75. The smallest absolute Gasteiger partial charge is 0.0760 e. The molecule has 3 nitrogen and oxygen atoms in total. The highest BCUT2D eigenvalue weighted by atomic mass is 35.5. The topological polar surface area (TPSA) is 20.5 Å². The largest absolute Gasteiger partial charge is 0.359 e. The molecule has 1 aliphatic carbocycles. The van der Waals surface area contributed by atoms with Crippen molar-refractivity contribution >= 4 is 34.4 Å². The number of allylic oxidation sites excluding steroid dienone is 2. The highest BCUT2D eigenvalue weighted by Gasteiger charge is 2.34. The fraction of sp³-hybridized carbons (Fsp3) is 0.421. The summed E-state index contributed by atoms with van der Waals surface area (Å²) in [4.78, 5) is 7.19. The van der Waals surface area contributed by atoms with Crippen molar-refractivity contribution in [2.75, 3.05) is 13.1 Å². The molecule has 0 spiro atoms. The van der Waals surface area contributed by atoms with Gasteiger partial charge in [-0.05, 0) is 25.2 Å². The molecule has 0 fully saturated rings. The summed E-state index contributed by atoms with van der Waals surface area (Å²) >= 11 is 6.56. The fourth-order valence-electron chi connectivity index (χ4n) is 4.48. The third kappa shape index (κ3) is 1.86. The van der Waals surface area contributed by atoms with Crippen LogP contribution in [0.25, 0.3) is 16.6 Å². The maximum atomic E-state index is 6.56. The first-order valence-electron chi connectivity index (χ1n) is 8.51. The number of fused-ring (bicyclic) bond motifs is 4. The molecule has 1 aromatic heterocycles. The van der Waals surface area contributed by atoms with Crippen LogP contribution < -0.4 is 0 Å². The zero-order chi connectivity index (χ0) is 15.6. The first-order chi connectivity index (χ1) is 11.2. The Kier molecular flexibility index (Phi) is 2.90. The van der Waals surface area contributed by atoms with Crippen LogP contribution in [-0.2, 0) is 0 Å². The van der Waals surface area contributed by atoms with Gasteiger partial charge in [-0.3, -0.25) is 4.99 Å². The van der Waals surface area contributed by atoms with E-state index in [1.54, 1.807) is 0 Å². The lowest BCUT2D eigenvalue weighted by molar-refractivity contribution is 0.262. The van der Waals surface area contributed by atoms with Crippen LogP contribution >= 0.6 is 11.6 Å². The third-order valence-electron chi connectivity index (χ3n) is 5.62. The molecule has 1 aromatic carbocycles. The predicted octanol–water partition coefficient (Wildman–Crippen LogP) is 4.72. The number of para-hydroxylation sites is 1. The highest BCUT2D eigenvalue weighted by molar-refractivity contribution is 6.35. The number of hydrogen-bond donors (Lipinski definition) is 0. The Balaban J connectivity index is 1.86. The van der Waals surface area contributed by atoms with Gasteiger partial charge in [0.1, 0.15) is 0 Å². The van der Waals surface area contributed by atoms with E-state index in [-0.39, 0.29) is 0 Å². The van der Waals surface area contributed by atoms with Gasteiger partial charge in [-0.1, -0.05) is 36.7 Å². The molecule has 2 aromatic rings. The van der Waals surface area contributed by atoms with Gasteiger partial charge in [0.25, 0.3) is 0 Å². The van der Waals surface area contributed by atoms with Gasteiger partial charge >= 0.3 is 0 Å². The summed E-state index contributed by atoms with van der Waals surface area (Å²) < 4.78 is 2.38. The molecule has 5 rings (SSSR count). The average molecular weight is 326 g/mol. The van der Waals surface area contributed by atoms with E-state index in [9.17, 15) is 0 Å². The van der Waals surface area contributed by atoms with Crippen molar-refractivity contribution in [3.63, 3.8) is 0 Å². The summed E-state index contributed by atoms with van der Waals surface area (Å²) in [5.74, 6) is 0.746. The van der Waals surface area contributed by atoms with Gasteiger partial charge in [-0.25, -0.2) is 0 Å². The Hall–Kier alpha value is -1.74. The minimum atomic E-state index is 0.339. The van der Waals surface area contributed by atoms with Gasteiger partial charge in [0.05, 0.1) is 29.7 Å². The van der Waals surface area contributed by atoms with Crippen LogP contribution in [0.4, 0.5) is 0 Å². The van der Waals surface area contributed by atoms with Crippen LogP contribution in [0.3, 0.4) is 0 Å². The minimum Gasteiger partial charge on any atom is -0.359 e. The van der Waals surface area contributed by atoms with E-state index in [1.165, 1.54) is 34.3 Å². The van der Waals surface area contributed by atoms with Crippen molar-refractivity contribution in [2.45, 2.75) is 32.2 Å². The van der Waals surface area contributed by atoms with Gasteiger partial charge in [0.2, 0.25) is 0 Å². The Morgan fingerprint density at radius 1 is 1.26 bits per heavy atom. The summed E-state index contributed by atoms with van der Waals surface area (Å²) in [6, 6.07) is 6.88. The molecule has 0 bridgehead atoms. The van der Waals surface area contributed by atoms with Crippen molar-refractivity contribution in [2.24, 2.45) is 10.9 Å². The molecule has 2 atom stereocenters. The van der Waals surface area contributed by atoms with E-state index in [4.69, 9.17) is 11.6 Å². The van der Waals surface area contributed by atoms with Crippen LogP contribution in [0.5, 0.6) is 0 Å².